The molecule has 0 spiro atoms. The smallest absolute Gasteiger partial charge is 0.407 e. The second kappa shape index (κ2) is 25.7. The second-order valence-electron chi connectivity index (χ2n) is 12.0. The molecule has 0 unspecified atom stereocenters. The van der Waals surface area contributed by atoms with Gasteiger partial charge in [0.2, 0.25) is 0 Å². The Hall–Kier alpha value is -1.56. The Labute approximate surface area is 235 Å². The van der Waals surface area contributed by atoms with E-state index in [4.69, 9.17) is 9.47 Å². The van der Waals surface area contributed by atoms with Crippen LogP contribution in [0, 0.1) is 0 Å². The van der Waals surface area contributed by atoms with Crippen molar-refractivity contribution in [2.75, 3.05) is 47.4 Å². The molecule has 38 heavy (non-hydrogen) atoms. The number of amides is 1. The summed E-state index contributed by atoms with van der Waals surface area (Å²) < 4.78 is 11.3. The van der Waals surface area contributed by atoms with Gasteiger partial charge in [-0.3, -0.25) is 4.79 Å². The molecule has 1 amide bonds. The summed E-state index contributed by atoms with van der Waals surface area (Å²) in [7, 11) is 6.51. The maximum atomic E-state index is 11.8. The fourth-order valence-electron chi connectivity index (χ4n) is 4.41. The molecule has 0 aromatic heterocycles. The van der Waals surface area contributed by atoms with Crippen molar-refractivity contribution in [3.8, 4) is 0 Å². The van der Waals surface area contributed by atoms with E-state index in [9.17, 15) is 9.59 Å². The number of hydrogen-bond acceptors (Lipinski definition) is 4. The number of carbonyl (C=O) groups excluding carboxylic acids is 2. The summed E-state index contributed by atoms with van der Waals surface area (Å²) in [5.74, 6) is -0.218. The lowest BCUT2D eigenvalue weighted by molar-refractivity contribution is -0.870. The lowest BCUT2D eigenvalue weighted by Gasteiger charge is -2.23. The van der Waals surface area contributed by atoms with Gasteiger partial charge in [-0.1, -0.05) is 110 Å². The fraction of sp³-hybridized carbons (Fsp3) is 0.875. The molecule has 0 atom stereocenters. The molecule has 0 bridgehead atoms. The molecule has 0 saturated carbocycles. The third kappa shape index (κ3) is 29.0. The predicted octanol–water partition coefficient (Wildman–Crippen LogP) is 8.34. The molecule has 0 aliphatic heterocycles. The first-order valence-corrected chi connectivity index (χ1v) is 15.8. The maximum Gasteiger partial charge on any atom is 0.407 e. The molecule has 0 saturated heterocycles. The van der Waals surface area contributed by atoms with Gasteiger partial charge >= 0.3 is 12.1 Å². The SMILES string of the molecule is C=C(COC(=O)CCCCC[N+](C)(C)C)COC(=O)NCCCCCCCCCCCCCCCCCC. The average molecular weight is 540 g/mol. The molecule has 0 aliphatic carbocycles. The van der Waals surface area contributed by atoms with Crippen molar-refractivity contribution in [3.63, 3.8) is 0 Å². The molecule has 6 nitrogen and oxygen atoms in total. The lowest BCUT2D eigenvalue weighted by Crippen LogP contribution is -2.35. The Kier molecular flexibility index (Phi) is 24.6. The minimum atomic E-state index is -0.435. The van der Waals surface area contributed by atoms with Crippen LogP contribution in [-0.2, 0) is 14.3 Å². The Morgan fingerprint density at radius 2 is 1.08 bits per heavy atom. The van der Waals surface area contributed by atoms with Crippen LogP contribution in [0.15, 0.2) is 12.2 Å². The van der Waals surface area contributed by atoms with Crippen LogP contribution in [0.3, 0.4) is 0 Å². The van der Waals surface area contributed by atoms with Crippen molar-refractivity contribution in [2.24, 2.45) is 0 Å². The highest BCUT2D eigenvalue weighted by atomic mass is 16.6. The summed E-state index contributed by atoms with van der Waals surface area (Å²) in [6.45, 7) is 8.01. The van der Waals surface area contributed by atoms with Gasteiger partial charge in [0.05, 0.1) is 27.7 Å². The molecule has 0 fully saturated rings. The average Bonchev–Trinajstić information content (AvgIpc) is 2.87. The maximum absolute atomic E-state index is 11.8. The number of unbranched alkanes of at least 4 members (excludes halogenated alkanes) is 17. The number of ether oxygens (including phenoxy) is 2. The Morgan fingerprint density at radius 3 is 1.58 bits per heavy atom. The van der Waals surface area contributed by atoms with Crippen molar-refractivity contribution in [1.29, 1.82) is 0 Å². The summed E-state index contributed by atoms with van der Waals surface area (Å²) in [6.07, 6.45) is 24.3. The molecule has 0 rings (SSSR count). The topological polar surface area (TPSA) is 64.6 Å². The lowest BCUT2D eigenvalue weighted by atomic mass is 10.0. The van der Waals surface area contributed by atoms with Crippen molar-refractivity contribution in [2.45, 2.75) is 135 Å². The van der Waals surface area contributed by atoms with Gasteiger partial charge in [0.15, 0.2) is 0 Å². The first-order valence-electron chi connectivity index (χ1n) is 15.8. The van der Waals surface area contributed by atoms with Crippen molar-refractivity contribution in [3.05, 3.63) is 12.2 Å². The van der Waals surface area contributed by atoms with Gasteiger partial charge in [0, 0.05) is 13.0 Å². The molecule has 0 aliphatic rings. The molecule has 0 aromatic rings. The second-order valence-corrected chi connectivity index (χ2v) is 12.0. The monoisotopic (exact) mass is 539 g/mol. The number of alkyl carbamates (subject to hydrolysis) is 1. The van der Waals surface area contributed by atoms with Crippen LogP contribution in [0.25, 0.3) is 0 Å². The van der Waals surface area contributed by atoms with E-state index in [1.165, 1.54) is 89.9 Å². The molecule has 224 valence electrons. The van der Waals surface area contributed by atoms with E-state index in [0.717, 1.165) is 43.1 Å². The minimum absolute atomic E-state index is 0.0710. The number of esters is 1. The molecule has 6 heteroatoms. The number of rotatable bonds is 27. The summed E-state index contributed by atoms with van der Waals surface area (Å²) in [5.41, 5.74) is 0.584. The zero-order valence-electron chi connectivity index (χ0n) is 25.8. The fourth-order valence-corrected chi connectivity index (χ4v) is 4.41. The summed E-state index contributed by atoms with van der Waals surface area (Å²) in [6, 6.07) is 0. The van der Waals surface area contributed by atoms with Crippen LogP contribution in [0.5, 0.6) is 0 Å². The third-order valence-electron chi connectivity index (χ3n) is 6.85. The standard InChI is InChI=1S/C32H62N2O4/c1-6-7-8-9-10-11-12-13-14-15-16-17-18-19-20-23-26-33-32(36)38-29-30(2)28-37-31(35)25-22-21-24-27-34(3,4)5/h2,6-29H2,1,3-5H3/p+1. The van der Waals surface area contributed by atoms with E-state index in [-0.39, 0.29) is 19.2 Å². The predicted molar refractivity (Wildman–Crippen MR) is 160 cm³/mol. The molecule has 0 radical (unpaired) electrons. The van der Waals surface area contributed by atoms with Crippen molar-refractivity contribution < 1.29 is 23.5 Å². The largest absolute Gasteiger partial charge is 0.461 e. The summed E-state index contributed by atoms with van der Waals surface area (Å²) >= 11 is 0. The highest BCUT2D eigenvalue weighted by Crippen LogP contribution is 2.13. The quantitative estimate of drug-likeness (QED) is 0.0493. The van der Waals surface area contributed by atoms with Crippen LogP contribution in [0.1, 0.15) is 135 Å². The Bertz CT molecular complexity index is 586. The van der Waals surface area contributed by atoms with Crippen LogP contribution in [-0.4, -0.2) is 64.0 Å². The first-order chi connectivity index (χ1) is 18.2. The summed E-state index contributed by atoms with van der Waals surface area (Å²) in [5, 5.41) is 2.79. The van der Waals surface area contributed by atoms with Gasteiger partial charge in [-0.05, 0) is 31.3 Å². The highest BCUT2D eigenvalue weighted by molar-refractivity contribution is 5.69. The molecule has 0 aromatic carbocycles. The first kappa shape index (κ1) is 36.4. The van der Waals surface area contributed by atoms with E-state index < -0.39 is 6.09 Å². The van der Waals surface area contributed by atoms with Crippen LogP contribution in [0.2, 0.25) is 0 Å². The van der Waals surface area contributed by atoms with Crippen LogP contribution in [0.4, 0.5) is 4.79 Å². The number of carbonyl (C=O) groups is 2. The zero-order valence-corrected chi connectivity index (χ0v) is 25.8. The van der Waals surface area contributed by atoms with Gasteiger partial charge in [-0.15, -0.1) is 0 Å². The van der Waals surface area contributed by atoms with Gasteiger partial charge in [0.25, 0.3) is 0 Å². The van der Waals surface area contributed by atoms with Crippen LogP contribution < -0.4 is 5.32 Å². The summed E-state index contributed by atoms with van der Waals surface area (Å²) in [4.78, 5) is 23.7. The van der Waals surface area contributed by atoms with E-state index in [1.807, 2.05) is 0 Å². The molecular weight excluding hydrogens is 476 g/mol. The molecular formula is C32H63N2O4+. The van der Waals surface area contributed by atoms with Gasteiger partial charge in [0.1, 0.15) is 13.2 Å². The van der Waals surface area contributed by atoms with Gasteiger partial charge < -0.3 is 19.3 Å². The number of hydrogen-bond donors (Lipinski definition) is 1. The van der Waals surface area contributed by atoms with E-state index >= 15 is 0 Å². The van der Waals surface area contributed by atoms with E-state index in [0.29, 0.717) is 18.5 Å². The zero-order chi connectivity index (χ0) is 28.3. The van der Waals surface area contributed by atoms with E-state index in [2.05, 4.69) is 40.0 Å². The van der Waals surface area contributed by atoms with E-state index in [1.54, 1.807) is 0 Å². The van der Waals surface area contributed by atoms with Crippen LogP contribution >= 0.6 is 0 Å². The molecule has 0 heterocycles. The Balaban J connectivity index is 3.40. The van der Waals surface area contributed by atoms with Crippen molar-refractivity contribution in [1.82, 2.24) is 5.32 Å². The number of nitrogens with one attached hydrogen (secondary N) is 1. The Morgan fingerprint density at radius 1 is 0.632 bits per heavy atom. The van der Waals surface area contributed by atoms with Gasteiger partial charge in [-0.25, -0.2) is 4.79 Å². The minimum Gasteiger partial charge on any atom is -0.461 e. The third-order valence-corrected chi connectivity index (χ3v) is 6.85. The normalized spacial score (nSPS) is 11.4. The molecule has 1 N–H and O–H groups in total. The number of quaternary nitrogens is 1. The highest BCUT2D eigenvalue weighted by Gasteiger charge is 2.09. The van der Waals surface area contributed by atoms with Crippen molar-refractivity contribution >= 4 is 12.1 Å². The van der Waals surface area contributed by atoms with Gasteiger partial charge in [-0.2, -0.15) is 0 Å². The number of nitrogens with zero attached hydrogens (tertiary/aromatic N) is 1.